The summed E-state index contributed by atoms with van der Waals surface area (Å²) in [6, 6.07) is 0. The molecule has 4 heteroatoms. The molecule has 0 heterocycles. The minimum absolute atomic E-state index is 0. The first kappa shape index (κ1) is 16.4. The Balaban J connectivity index is -0.0000000720. The van der Waals surface area contributed by atoms with E-state index < -0.39 is 0 Å². The zero-order chi connectivity index (χ0) is 6.99. The minimum Gasteiger partial charge on any atom is -0.385 e. The van der Waals surface area contributed by atoms with Gasteiger partial charge >= 0.3 is 0 Å². The maximum Gasteiger partial charge on any atom is 0.128 e. The average molecular weight is 215 g/mol. The SMILES string of the molecule is CCCC.NC(=S)S.[Cu]. The average Bonchev–Trinajstić information content (AvgIpc) is 1.65. The van der Waals surface area contributed by atoms with E-state index in [4.69, 9.17) is 5.73 Å². The molecule has 9 heavy (non-hydrogen) atoms. The molecule has 0 saturated carbocycles. The van der Waals surface area contributed by atoms with Crippen molar-refractivity contribution in [3.05, 3.63) is 0 Å². The second kappa shape index (κ2) is 15.9. The van der Waals surface area contributed by atoms with Gasteiger partial charge in [0.2, 0.25) is 0 Å². The van der Waals surface area contributed by atoms with Crippen LogP contribution in [0.15, 0.2) is 0 Å². The molecule has 0 fully saturated rings. The van der Waals surface area contributed by atoms with Crippen LogP contribution in [0.5, 0.6) is 0 Å². The Bertz CT molecular complexity index is 52.9. The number of rotatable bonds is 1. The summed E-state index contributed by atoms with van der Waals surface area (Å²) in [5.74, 6) is 0. The quantitative estimate of drug-likeness (QED) is 0.397. The second-order valence-corrected chi connectivity index (χ2v) is 2.56. The van der Waals surface area contributed by atoms with Crippen molar-refractivity contribution < 1.29 is 17.1 Å². The van der Waals surface area contributed by atoms with Crippen LogP contribution in [0, 0.1) is 0 Å². The van der Waals surface area contributed by atoms with E-state index in [2.05, 4.69) is 38.7 Å². The Kier molecular flexibility index (Phi) is 29.0. The van der Waals surface area contributed by atoms with Gasteiger partial charge in [-0.05, 0) is 0 Å². The Morgan fingerprint density at radius 3 is 1.56 bits per heavy atom. The Morgan fingerprint density at radius 2 is 1.56 bits per heavy atom. The van der Waals surface area contributed by atoms with E-state index >= 15 is 0 Å². The molecular weight excluding hydrogens is 202 g/mol. The van der Waals surface area contributed by atoms with Crippen molar-refractivity contribution in [2.75, 3.05) is 0 Å². The number of thiocarbonyl (C=S) groups is 1. The molecule has 0 bridgehead atoms. The summed E-state index contributed by atoms with van der Waals surface area (Å²) in [7, 11) is 0. The molecule has 0 aliphatic heterocycles. The van der Waals surface area contributed by atoms with Crippen LogP contribution in [0.4, 0.5) is 0 Å². The summed E-state index contributed by atoms with van der Waals surface area (Å²) in [5.41, 5.74) is 4.71. The zero-order valence-corrected chi connectivity index (χ0v) is 8.30. The number of unbranched alkanes of at least 4 members (excludes halogenated alkanes) is 1. The van der Waals surface area contributed by atoms with Crippen molar-refractivity contribution in [2.45, 2.75) is 26.7 Å². The molecule has 0 aromatic carbocycles. The number of hydrogen-bond acceptors (Lipinski definition) is 1. The zero-order valence-electron chi connectivity index (χ0n) is 5.65. The molecule has 0 amide bonds. The molecule has 0 saturated heterocycles. The Hall–Kier alpha value is 0.759. The van der Waals surface area contributed by atoms with Crippen LogP contribution in [0.3, 0.4) is 0 Å². The molecule has 0 aliphatic carbocycles. The molecule has 1 nitrogen and oxygen atoms in total. The third-order valence-corrected chi connectivity index (χ3v) is 0.500. The molecule has 0 rings (SSSR count). The molecule has 0 unspecified atom stereocenters. The van der Waals surface area contributed by atoms with Crippen molar-refractivity contribution in [1.82, 2.24) is 0 Å². The normalized spacial score (nSPS) is 6.11. The summed E-state index contributed by atoms with van der Waals surface area (Å²) >= 11 is 7.65. The summed E-state index contributed by atoms with van der Waals surface area (Å²) in [6.45, 7) is 4.36. The van der Waals surface area contributed by atoms with Crippen molar-refractivity contribution >= 4 is 29.2 Å². The largest absolute Gasteiger partial charge is 0.385 e. The second-order valence-electron chi connectivity index (χ2n) is 1.34. The maximum absolute atomic E-state index is 4.71. The number of hydrogen-bond donors (Lipinski definition) is 2. The van der Waals surface area contributed by atoms with Gasteiger partial charge in [0.05, 0.1) is 0 Å². The fourth-order valence-electron chi connectivity index (χ4n) is 0. The van der Waals surface area contributed by atoms with Crippen LogP contribution in [0.2, 0.25) is 0 Å². The molecule has 0 spiro atoms. The van der Waals surface area contributed by atoms with Gasteiger partial charge in [-0.1, -0.05) is 38.9 Å². The predicted octanol–water partition coefficient (Wildman–Crippen LogP) is 1.96. The Morgan fingerprint density at radius 1 is 1.44 bits per heavy atom. The fourth-order valence-corrected chi connectivity index (χ4v) is 0. The topological polar surface area (TPSA) is 26.0 Å². The molecule has 2 N–H and O–H groups in total. The standard InChI is InChI=1S/C4H10.CH3NS2.Cu/c1-3-4-2;2-1(3)4;/h3-4H2,1-2H3;(H3,2,3,4);. The van der Waals surface area contributed by atoms with Crippen LogP contribution in [-0.2, 0) is 17.1 Å². The summed E-state index contributed by atoms with van der Waals surface area (Å²) < 4.78 is 0.194. The first-order valence-corrected chi connectivity index (χ1v) is 3.49. The van der Waals surface area contributed by atoms with Crippen molar-refractivity contribution in [3.8, 4) is 0 Å². The fraction of sp³-hybridized carbons (Fsp3) is 0.800. The maximum atomic E-state index is 4.71. The van der Waals surface area contributed by atoms with E-state index in [1.165, 1.54) is 12.8 Å². The molecule has 0 atom stereocenters. The molecule has 0 aromatic heterocycles. The third-order valence-electron chi connectivity index (χ3n) is 0.500. The van der Waals surface area contributed by atoms with Crippen molar-refractivity contribution in [1.29, 1.82) is 0 Å². The van der Waals surface area contributed by atoms with Gasteiger partial charge in [-0.15, -0.1) is 12.6 Å². The van der Waals surface area contributed by atoms with E-state index in [0.717, 1.165) is 0 Å². The van der Waals surface area contributed by atoms with Gasteiger partial charge < -0.3 is 5.73 Å². The van der Waals surface area contributed by atoms with E-state index in [9.17, 15) is 0 Å². The monoisotopic (exact) mass is 214 g/mol. The van der Waals surface area contributed by atoms with Gasteiger partial charge in [0.1, 0.15) is 4.32 Å². The van der Waals surface area contributed by atoms with E-state index in [1.807, 2.05) is 0 Å². The Labute approximate surface area is 78.7 Å². The van der Waals surface area contributed by atoms with Gasteiger partial charge in [-0.25, -0.2) is 0 Å². The van der Waals surface area contributed by atoms with E-state index in [0.29, 0.717) is 0 Å². The molecule has 0 aliphatic rings. The van der Waals surface area contributed by atoms with E-state index in [-0.39, 0.29) is 21.4 Å². The minimum atomic E-state index is 0. The van der Waals surface area contributed by atoms with E-state index in [1.54, 1.807) is 0 Å². The molecule has 61 valence electrons. The number of nitrogens with two attached hydrogens (primary N) is 1. The van der Waals surface area contributed by atoms with Crippen LogP contribution in [0.1, 0.15) is 26.7 Å². The van der Waals surface area contributed by atoms with Crippen LogP contribution >= 0.6 is 24.8 Å². The first-order valence-electron chi connectivity index (χ1n) is 2.63. The summed E-state index contributed by atoms with van der Waals surface area (Å²) in [6.07, 6.45) is 2.64. The third kappa shape index (κ3) is 129. The summed E-state index contributed by atoms with van der Waals surface area (Å²) in [5, 5.41) is 0. The van der Waals surface area contributed by atoms with Gasteiger partial charge in [0.15, 0.2) is 0 Å². The first-order chi connectivity index (χ1) is 3.65. The van der Waals surface area contributed by atoms with Crippen LogP contribution in [0.25, 0.3) is 0 Å². The van der Waals surface area contributed by atoms with Gasteiger partial charge in [0.25, 0.3) is 0 Å². The van der Waals surface area contributed by atoms with Crippen LogP contribution < -0.4 is 5.73 Å². The molecule has 0 aromatic rings. The predicted molar refractivity (Wildman–Crippen MR) is 46.4 cm³/mol. The molecular formula is C5H13CuNS2. The smallest absolute Gasteiger partial charge is 0.128 e. The van der Waals surface area contributed by atoms with Gasteiger partial charge in [-0.3, -0.25) is 0 Å². The van der Waals surface area contributed by atoms with Crippen molar-refractivity contribution in [2.24, 2.45) is 5.73 Å². The summed E-state index contributed by atoms with van der Waals surface area (Å²) in [4.78, 5) is 0. The number of thiol groups is 1. The van der Waals surface area contributed by atoms with Crippen molar-refractivity contribution in [3.63, 3.8) is 0 Å². The molecule has 1 radical (unpaired) electrons. The van der Waals surface area contributed by atoms with Gasteiger partial charge in [0, 0.05) is 17.1 Å². The van der Waals surface area contributed by atoms with Gasteiger partial charge in [-0.2, -0.15) is 0 Å². The van der Waals surface area contributed by atoms with Crippen LogP contribution in [-0.4, -0.2) is 4.32 Å².